The highest BCUT2D eigenvalue weighted by Crippen LogP contribution is 2.25. The van der Waals surface area contributed by atoms with Crippen molar-refractivity contribution >= 4 is 0 Å². The molecule has 19 heavy (non-hydrogen) atoms. The van der Waals surface area contributed by atoms with Crippen LogP contribution in [0.3, 0.4) is 0 Å². The molecule has 1 aromatic heterocycles. The highest BCUT2D eigenvalue weighted by atomic mass is 16.5. The van der Waals surface area contributed by atoms with Crippen molar-refractivity contribution in [3.63, 3.8) is 0 Å². The summed E-state index contributed by atoms with van der Waals surface area (Å²) < 4.78 is 5.78. The standard InChI is InChI=1S/C15H25N3O/c1-11(2)14-8-12(10-16)9-15(17-14)19-7-6-18(3)13-4-5-13/h8-9,11,13H,4-7,10,16H2,1-3H3. The van der Waals surface area contributed by atoms with Crippen LogP contribution in [0.4, 0.5) is 0 Å². The first-order chi connectivity index (χ1) is 9.10. The van der Waals surface area contributed by atoms with Crippen LogP contribution in [0.2, 0.25) is 0 Å². The molecule has 4 heteroatoms. The fourth-order valence-corrected chi connectivity index (χ4v) is 2.06. The molecule has 2 N–H and O–H groups in total. The number of likely N-dealkylation sites (N-methyl/N-ethyl adjacent to an activating group) is 1. The Morgan fingerprint density at radius 3 is 2.74 bits per heavy atom. The number of nitrogens with two attached hydrogens (primary N) is 1. The molecule has 106 valence electrons. The van der Waals surface area contributed by atoms with Gasteiger partial charge in [-0.2, -0.15) is 0 Å². The molecule has 0 spiro atoms. The summed E-state index contributed by atoms with van der Waals surface area (Å²) in [5.74, 6) is 1.10. The van der Waals surface area contributed by atoms with Gasteiger partial charge in [-0.15, -0.1) is 0 Å². The second-order valence-electron chi connectivity index (χ2n) is 5.66. The van der Waals surface area contributed by atoms with Crippen LogP contribution in [0.25, 0.3) is 0 Å². The molecule has 1 aliphatic rings. The molecule has 0 atom stereocenters. The average Bonchev–Trinajstić information content (AvgIpc) is 3.22. The maximum Gasteiger partial charge on any atom is 0.213 e. The number of ether oxygens (including phenoxy) is 1. The topological polar surface area (TPSA) is 51.4 Å². The van der Waals surface area contributed by atoms with Gasteiger partial charge in [-0.1, -0.05) is 13.8 Å². The SMILES string of the molecule is CC(C)c1cc(CN)cc(OCCN(C)C2CC2)n1. The molecule has 0 aromatic carbocycles. The van der Waals surface area contributed by atoms with Gasteiger partial charge >= 0.3 is 0 Å². The largest absolute Gasteiger partial charge is 0.476 e. The Morgan fingerprint density at radius 1 is 1.42 bits per heavy atom. The van der Waals surface area contributed by atoms with Gasteiger partial charge in [-0.05, 0) is 37.4 Å². The van der Waals surface area contributed by atoms with Crippen LogP contribution in [0.15, 0.2) is 12.1 Å². The predicted octanol–water partition coefficient (Wildman–Crippen LogP) is 2.14. The number of nitrogens with zero attached hydrogens (tertiary/aromatic N) is 2. The zero-order valence-corrected chi connectivity index (χ0v) is 12.2. The summed E-state index contributed by atoms with van der Waals surface area (Å²) in [6.07, 6.45) is 2.66. The second kappa shape index (κ2) is 6.35. The van der Waals surface area contributed by atoms with E-state index in [1.807, 2.05) is 6.07 Å². The number of hydrogen-bond acceptors (Lipinski definition) is 4. The maximum absolute atomic E-state index is 5.78. The van der Waals surface area contributed by atoms with E-state index in [2.05, 4.69) is 36.8 Å². The molecular formula is C15H25N3O. The molecule has 0 amide bonds. The van der Waals surface area contributed by atoms with Crippen LogP contribution in [0.1, 0.15) is 43.9 Å². The minimum atomic E-state index is 0.392. The monoisotopic (exact) mass is 263 g/mol. The second-order valence-corrected chi connectivity index (χ2v) is 5.66. The van der Waals surface area contributed by atoms with E-state index in [0.717, 1.165) is 23.8 Å². The van der Waals surface area contributed by atoms with Crippen LogP contribution in [-0.2, 0) is 6.54 Å². The van der Waals surface area contributed by atoms with E-state index in [1.165, 1.54) is 12.8 Å². The van der Waals surface area contributed by atoms with Gasteiger partial charge in [0.1, 0.15) is 6.61 Å². The number of rotatable bonds is 7. The van der Waals surface area contributed by atoms with Crippen LogP contribution in [0, 0.1) is 0 Å². The van der Waals surface area contributed by atoms with Crippen molar-refractivity contribution in [2.75, 3.05) is 20.2 Å². The first kappa shape index (κ1) is 14.3. The minimum Gasteiger partial charge on any atom is -0.476 e. The van der Waals surface area contributed by atoms with Gasteiger partial charge in [-0.3, -0.25) is 0 Å². The summed E-state index contributed by atoms with van der Waals surface area (Å²) in [4.78, 5) is 6.90. The molecule has 4 nitrogen and oxygen atoms in total. The number of hydrogen-bond donors (Lipinski definition) is 1. The molecule has 0 aliphatic heterocycles. The Bertz CT molecular complexity index is 416. The molecule has 1 aliphatic carbocycles. The van der Waals surface area contributed by atoms with E-state index < -0.39 is 0 Å². The van der Waals surface area contributed by atoms with Crippen molar-refractivity contribution < 1.29 is 4.74 Å². The molecule has 1 aromatic rings. The lowest BCUT2D eigenvalue weighted by atomic mass is 10.1. The summed E-state index contributed by atoms with van der Waals surface area (Å²) in [6, 6.07) is 4.79. The first-order valence-corrected chi connectivity index (χ1v) is 7.14. The van der Waals surface area contributed by atoms with E-state index in [-0.39, 0.29) is 0 Å². The first-order valence-electron chi connectivity index (χ1n) is 7.14. The lowest BCUT2D eigenvalue weighted by molar-refractivity contribution is 0.226. The van der Waals surface area contributed by atoms with Crippen molar-refractivity contribution in [1.82, 2.24) is 9.88 Å². The summed E-state index contributed by atoms with van der Waals surface area (Å²) >= 11 is 0. The molecule has 1 heterocycles. The van der Waals surface area contributed by atoms with Crippen molar-refractivity contribution in [3.05, 3.63) is 23.4 Å². The lowest BCUT2D eigenvalue weighted by Crippen LogP contribution is -2.26. The molecule has 1 saturated carbocycles. The zero-order chi connectivity index (χ0) is 13.8. The average molecular weight is 263 g/mol. The van der Waals surface area contributed by atoms with E-state index in [1.54, 1.807) is 0 Å². The van der Waals surface area contributed by atoms with Gasteiger partial charge in [0.2, 0.25) is 5.88 Å². The third kappa shape index (κ3) is 4.18. The van der Waals surface area contributed by atoms with Crippen molar-refractivity contribution in [3.8, 4) is 5.88 Å². The van der Waals surface area contributed by atoms with Crippen molar-refractivity contribution in [2.45, 2.75) is 45.2 Å². The maximum atomic E-state index is 5.78. The smallest absolute Gasteiger partial charge is 0.213 e. The van der Waals surface area contributed by atoms with Gasteiger partial charge in [0.15, 0.2) is 0 Å². The summed E-state index contributed by atoms with van der Waals surface area (Å²) in [5.41, 5.74) is 7.86. The molecule has 0 saturated heterocycles. The molecule has 0 unspecified atom stereocenters. The molecule has 1 fully saturated rings. The van der Waals surface area contributed by atoms with Gasteiger partial charge in [0.25, 0.3) is 0 Å². The van der Waals surface area contributed by atoms with Crippen molar-refractivity contribution in [1.29, 1.82) is 0 Å². The van der Waals surface area contributed by atoms with Crippen LogP contribution in [-0.4, -0.2) is 36.1 Å². The van der Waals surface area contributed by atoms with Crippen LogP contribution < -0.4 is 10.5 Å². The molecule has 2 rings (SSSR count). The van der Waals surface area contributed by atoms with Gasteiger partial charge < -0.3 is 15.4 Å². The Hall–Kier alpha value is -1.13. The number of pyridine rings is 1. The summed E-state index contributed by atoms with van der Waals surface area (Å²) in [6.45, 7) is 6.43. The third-order valence-corrected chi connectivity index (χ3v) is 3.57. The Balaban J connectivity index is 1.92. The Labute approximate surface area is 116 Å². The normalized spacial score (nSPS) is 15.3. The van der Waals surface area contributed by atoms with Gasteiger partial charge in [0, 0.05) is 30.9 Å². The minimum absolute atomic E-state index is 0.392. The fourth-order valence-electron chi connectivity index (χ4n) is 2.06. The van der Waals surface area contributed by atoms with Crippen molar-refractivity contribution in [2.24, 2.45) is 5.73 Å². The quantitative estimate of drug-likeness (QED) is 0.819. The van der Waals surface area contributed by atoms with E-state index in [0.29, 0.717) is 24.9 Å². The van der Waals surface area contributed by atoms with Gasteiger partial charge in [-0.25, -0.2) is 4.98 Å². The molecule has 0 bridgehead atoms. The predicted molar refractivity (Wildman–Crippen MR) is 77.4 cm³/mol. The van der Waals surface area contributed by atoms with Crippen LogP contribution >= 0.6 is 0 Å². The Kier molecular flexibility index (Phi) is 4.77. The van der Waals surface area contributed by atoms with E-state index >= 15 is 0 Å². The molecular weight excluding hydrogens is 238 g/mol. The highest BCUT2D eigenvalue weighted by Gasteiger charge is 2.25. The lowest BCUT2D eigenvalue weighted by Gasteiger charge is -2.16. The van der Waals surface area contributed by atoms with E-state index in [4.69, 9.17) is 10.5 Å². The van der Waals surface area contributed by atoms with E-state index in [9.17, 15) is 0 Å². The van der Waals surface area contributed by atoms with Crippen LogP contribution in [0.5, 0.6) is 5.88 Å². The summed E-state index contributed by atoms with van der Waals surface area (Å²) in [5, 5.41) is 0. The van der Waals surface area contributed by atoms with Gasteiger partial charge in [0.05, 0.1) is 0 Å². The fraction of sp³-hybridized carbons (Fsp3) is 0.667. The summed E-state index contributed by atoms with van der Waals surface area (Å²) in [7, 11) is 2.16. The molecule has 0 radical (unpaired) electrons. The highest BCUT2D eigenvalue weighted by molar-refractivity contribution is 5.26. The Morgan fingerprint density at radius 2 is 2.16 bits per heavy atom. The number of aromatic nitrogens is 1. The zero-order valence-electron chi connectivity index (χ0n) is 12.2. The third-order valence-electron chi connectivity index (χ3n) is 3.57.